The van der Waals surface area contributed by atoms with Crippen LogP contribution in [0.25, 0.3) is 0 Å². The van der Waals surface area contributed by atoms with Crippen molar-refractivity contribution in [2.75, 3.05) is 5.75 Å². The lowest BCUT2D eigenvalue weighted by Gasteiger charge is -2.30. The normalized spacial score (nSPS) is 19.0. The molecule has 0 unspecified atom stereocenters. The first-order chi connectivity index (χ1) is 13.8. The van der Waals surface area contributed by atoms with Gasteiger partial charge in [-0.05, 0) is 51.0 Å². The van der Waals surface area contributed by atoms with Crippen LogP contribution in [0.2, 0.25) is 0 Å². The predicted molar refractivity (Wildman–Crippen MR) is 108 cm³/mol. The molecule has 1 aromatic heterocycles. The van der Waals surface area contributed by atoms with E-state index in [9.17, 15) is 13.2 Å². The summed E-state index contributed by atoms with van der Waals surface area (Å²) in [4.78, 5) is 19.0. The standard InChI is InChI=1S/C21H27N3O4S/c1-14(17-8-9-17)24(12-16-6-4-3-5-7-16)19(25)13-29(26,27)15(2)21-22-20(23-28-21)18-10-11-18/h3-7,14-15,17-18H,8-13H2,1-2H3/t14-,15-/m1/s1. The minimum atomic E-state index is -3.77. The van der Waals surface area contributed by atoms with Gasteiger partial charge in [-0.25, -0.2) is 8.42 Å². The van der Waals surface area contributed by atoms with Gasteiger partial charge in [-0.1, -0.05) is 35.5 Å². The molecule has 156 valence electrons. The van der Waals surface area contributed by atoms with Gasteiger partial charge in [0.15, 0.2) is 15.7 Å². The highest BCUT2D eigenvalue weighted by Crippen LogP contribution is 2.39. The van der Waals surface area contributed by atoms with Gasteiger partial charge in [-0.15, -0.1) is 0 Å². The van der Waals surface area contributed by atoms with Crippen molar-refractivity contribution in [1.82, 2.24) is 15.0 Å². The topological polar surface area (TPSA) is 93.4 Å². The monoisotopic (exact) mass is 417 g/mol. The molecule has 0 radical (unpaired) electrons. The number of hydrogen-bond donors (Lipinski definition) is 0. The molecular weight excluding hydrogens is 390 g/mol. The summed E-state index contributed by atoms with van der Waals surface area (Å²) in [5.41, 5.74) is 0.991. The molecule has 0 spiro atoms. The highest BCUT2D eigenvalue weighted by molar-refractivity contribution is 7.92. The summed E-state index contributed by atoms with van der Waals surface area (Å²) in [5, 5.41) is 2.90. The van der Waals surface area contributed by atoms with Crippen LogP contribution in [0.15, 0.2) is 34.9 Å². The second kappa shape index (κ2) is 7.89. The lowest BCUT2D eigenvalue weighted by molar-refractivity contribution is -0.131. The van der Waals surface area contributed by atoms with Gasteiger partial charge >= 0.3 is 0 Å². The number of hydrogen-bond acceptors (Lipinski definition) is 6. The van der Waals surface area contributed by atoms with Gasteiger partial charge < -0.3 is 9.42 Å². The first-order valence-corrected chi connectivity index (χ1v) is 11.9. The number of nitrogens with zero attached hydrogens (tertiary/aromatic N) is 3. The Bertz CT molecular complexity index is 965. The van der Waals surface area contributed by atoms with Gasteiger partial charge in [-0.3, -0.25) is 4.79 Å². The van der Waals surface area contributed by atoms with E-state index in [0.29, 0.717) is 18.3 Å². The zero-order chi connectivity index (χ0) is 20.6. The first kappa shape index (κ1) is 20.1. The van der Waals surface area contributed by atoms with Gasteiger partial charge in [0.25, 0.3) is 0 Å². The molecule has 0 N–H and O–H groups in total. The van der Waals surface area contributed by atoms with Crippen molar-refractivity contribution in [3.8, 4) is 0 Å². The molecule has 1 amide bonds. The second-order valence-electron chi connectivity index (χ2n) is 8.30. The molecule has 1 aromatic carbocycles. The number of carbonyl (C=O) groups is 1. The first-order valence-electron chi connectivity index (χ1n) is 10.2. The van der Waals surface area contributed by atoms with Gasteiger partial charge in [0.05, 0.1) is 0 Å². The molecule has 2 aromatic rings. The van der Waals surface area contributed by atoms with Crippen LogP contribution in [0, 0.1) is 5.92 Å². The van der Waals surface area contributed by atoms with Gasteiger partial charge in [0, 0.05) is 18.5 Å². The van der Waals surface area contributed by atoms with E-state index in [2.05, 4.69) is 10.1 Å². The third kappa shape index (κ3) is 4.69. The number of carbonyl (C=O) groups excluding carboxylic acids is 1. The molecule has 4 rings (SSSR count). The van der Waals surface area contributed by atoms with Crippen molar-refractivity contribution in [2.24, 2.45) is 5.92 Å². The van der Waals surface area contributed by atoms with Crippen molar-refractivity contribution in [3.05, 3.63) is 47.6 Å². The number of benzene rings is 1. The smallest absolute Gasteiger partial charge is 0.244 e. The van der Waals surface area contributed by atoms with Crippen LogP contribution in [0.4, 0.5) is 0 Å². The fourth-order valence-corrected chi connectivity index (χ4v) is 4.69. The van der Waals surface area contributed by atoms with E-state index in [1.165, 1.54) is 6.92 Å². The van der Waals surface area contributed by atoms with Crippen LogP contribution in [-0.2, 0) is 21.2 Å². The Morgan fingerprint density at radius 1 is 1.17 bits per heavy atom. The van der Waals surface area contributed by atoms with Crippen LogP contribution < -0.4 is 0 Å². The Hall–Kier alpha value is -2.22. The maximum Gasteiger partial charge on any atom is 0.244 e. The molecular formula is C21H27N3O4S. The molecule has 0 aliphatic heterocycles. The number of sulfone groups is 1. The van der Waals surface area contributed by atoms with Crippen molar-refractivity contribution >= 4 is 15.7 Å². The van der Waals surface area contributed by atoms with Gasteiger partial charge in [-0.2, -0.15) is 4.98 Å². The van der Waals surface area contributed by atoms with E-state index in [1.807, 2.05) is 37.3 Å². The Morgan fingerprint density at radius 3 is 2.48 bits per heavy atom. The molecule has 8 heteroatoms. The van der Waals surface area contributed by atoms with E-state index < -0.39 is 20.8 Å². The Kier molecular flexibility index (Phi) is 5.46. The van der Waals surface area contributed by atoms with Crippen molar-refractivity contribution in [1.29, 1.82) is 0 Å². The largest absolute Gasteiger partial charge is 0.338 e. The average molecular weight is 418 g/mol. The maximum atomic E-state index is 13.1. The zero-order valence-corrected chi connectivity index (χ0v) is 17.6. The summed E-state index contributed by atoms with van der Waals surface area (Å²) < 4.78 is 31.0. The van der Waals surface area contributed by atoms with Crippen LogP contribution in [0.1, 0.15) is 68.0 Å². The Morgan fingerprint density at radius 2 is 1.86 bits per heavy atom. The third-order valence-electron chi connectivity index (χ3n) is 5.92. The van der Waals surface area contributed by atoms with Crippen LogP contribution >= 0.6 is 0 Å². The van der Waals surface area contributed by atoms with Crippen LogP contribution in [0.5, 0.6) is 0 Å². The summed E-state index contributed by atoms with van der Waals surface area (Å²) in [6.07, 6.45) is 4.17. The number of rotatable bonds is 9. The molecule has 2 fully saturated rings. The molecule has 2 atom stereocenters. The average Bonchev–Trinajstić information content (AvgIpc) is 3.63. The predicted octanol–water partition coefficient (Wildman–Crippen LogP) is 3.25. The summed E-state index contributed by atoms with van der Waals surface area (Å²) >= 11 is 0. The lowest BCUT2D eigenvalue weighted by Crippen LogP contribution is -2.42. The lowest BCUT2D eigenvalue weighted by atomic mass is 10.1. The minimum absolute atomic E-state index is 0.0121. The second-order valence-corrected chi connectivity index (χ2v) is 10.6. The molecule has 2 aliphatic rings. The maximum absolute atomic E-state index is 13.1. The summed E-state index contributed by atoms with van der Waals surface area (Å²) in [7, 11) is -3.77. The number of aromatic nitrogens is 2. The van der Waals surface area contributed by atoms with E-state index in [4.69, 9.17) is 4.52 Å². The van der Waals surface area contributed by atoms with E-state index in [0.717, 1.165) is 31.2 Å². The van der Waals surface area contributed by atoms with Crippen molar-refractivity contribution in [3.63, 3.8) is 0 Å². The van der Waals surface area contributed by atoms with Crippen LogP contribution in [0.3, 0.4) is 0 Å². The van der Waals surface area contributed by atoms with Gasteiger partial charge in [0.1, 0.15) is 11.0 Å². The Balaban J connectivity index is 1.48. The SMILES string of the molecule is C[C@H](C1CC1)N(Cc1ccccc1)C(=O)CS(=O)(=O)[C@H](C)c1nc(C2CC2)no1. The fraction of sp³-hybridized carbons (Fsp3) is 0.571. The molecule has 2 saturated carbocycles. The summed E-state index contributed by atoms with van der Waals surface area (Å²) in [6, 6.07) is 9.69. The van der Waals surface area contributed by atoms with E-state index >= 15 is 0 Å². The zero-order valence-electron chi connectivity index (χ0n) is 16.8. The van der Waals surface area contributed by atoms with Crippen molar-refractivity contribution in [2.45, 2.75) is 63.3 Å². The Labute approximate surface area is 171 Å². The molecule has 7 nitrogen and oxygen atoms in total. The molecule has 0 bridgehead atoms. The van der Waals surface area contributed by atoms with Gasteiger partial charge in [0.2, 0.25) is 11.8 Å². The minimum Gasteiger partial charge on any atom is -0.338 e. The number of amides is 1. The highest BCUT2D eigenvalue weighted by Gasteiger charge is 2.38. The fourth-order valence-electron chi connectivity index (χ4n) is 3.53. The van der Waals surface area contributed by atoms with Crippen molar-refractivity contribution < 1.29 is 17.7 Å². The summed E-state index contributed by atoms with van der Waals surface area (Å²) in [6.45, 7) is 3.93. The highest BCUT2D eigenvalue weighted by atomic mass is 32.2. The third-order valence-corrected chi connectivity index (χ3v) is 7.85. The summed E-state index contributed by atoms with van der Waals surface area (Å²) in [5.74, 6) is 0.441. The molecule has 2 aliphatic carbocycles. The molecule has 1 heterocycles. The molecule has 0 saturated heterocycles. The van der Waals surface area contributed by atoms with E-state index in [1.54, 1.807) is 4.90 Å². The van der Waals surface area contributed by atoms with E-state index in [-0.39, 0.29) is 23.8 Å². The quantitative estimate of drug-likeness (QED) is 0.622. The van der Waals surface area contributed by atoms with Crippen LogP contribution in [-0.4, -0.2) is 41.2 Å². The molecule has 29 heavy (non-hydrogen) atoms.